The summed E-state index contributed by atoms with van der Waals surface area (Å²) >= 11 is 0. The fraction of sp³-hybridized carbons (Fsp3) is 0.136. The van der Waals surface area contributed by atoms with Crippen molar-refractivity contribution in [1.29, 1.82) is 0 Å². The number of hydrogen-bond donors (Lipinski definition) is 1. The van der Waals surface area contributed by atoms with Crippen molar-refractivity contribution in [2.24, 2.45) is 0 Å². The molecule has 0 bridgehead atoms. The zero-order chi connectivity index (χ0) is 17.6. The van der Waals surface area contributed by atoms with Crippen LogP contribution in [-0.4, -0.2) is 12.3 Å². The molecule has 0 spiro atoms. The van der Waals surface area contributed by atoms with E-state index in [9.17, 15) is 9.18 Å². The predicted molar refractivity (Wildman–Crippen MR) is 100 cm³/mol. The lowest BCUT2D eigenvalue weighted by Crippen LogP contribution is -2.09. The lowest BCUT2D eigenvalue weighted by atomic mass is 10.0. The van der Waals surface area contributed by atoms with Crippen LogP contribution < -0.4 is 5.32 Å². The molecule has 3 rings (SSSR count). The van der Waals surface area contributed by atoms with Gasteiger partial charge in [-0.05, 0) is 35.7 Å². The Labute approximate surface area is 147 Å². The fourth-order valence-electron chi connectivity index (χ4n) is 2.65. The third kappa shape index (κ3) is 4.32. The molecule has 0 aliphatic heterocycles. The summed E-state index contributed by atoms with van der Waals surface area (Å²) in [5, 5.41) is 3.09. The highest BCUT2D eigenvalue weighted by atomic mass is 19.1. The summed E-state index contributed by atoms with van der Waals surface area (Å²) in [6, 6.07) is 22.7. The maximum Gasteiger partial charge on any atom is 0.164 e. The first kappa shape index (κ1) is 16.9. The lowest BCUT2D eigenvalue weighted by molar-refractivity contribution is 0.0986. The lowest BCUT2D eigenvalue weighted by Gasteiger charge is -2.08. The average Bonchev–Trinajstić information content (AvgIpc) is 2.65. The number of rotatable bonds is 6. The highest BCUT2D eigenvalue weighted by molar-refractivity contribution is 5.96. The van der Waals surface area contributed by atoms with Crippen LogP contribution in [0.5, 0.6) is 0 Å². The Morgan fingerprint density at radius 3 is 2.28 bits per heavy atom. The standard InChI is InChI=1S/C22H20FNO/c1-16-7-12-20(15-21(16)23)24-14-13-22(25)19-10-8-18(9-11-19)17-5-3-2-4-6-17/h2-12,15,24H,13-14H2,1H3. The highest BCUT2D eigenvalue weighted by Crippen LogP contribution is 2.20. The molecule has 1 N–H and O–H groups in total. The van der Waals surface area contributed by atoms with Gasteiger partial charge in [-0.1, -0.05) is 60.7 Å². The number of ketones is 1. The molecular formula is C22H20FNO. The summed E-state index contributed by atoms with van der Waals surface area (Å²) in [4.78, 5) is 12.3. The van der Waals surface area contributed by atoms with E-state index < -0.39 is 0 Å². The van der Waals surface area contributed by atoms with Crippen molar-refractivity contribution in [2.45, 2.75) is 13.3 Å². The number of hydrogen-bond acceptors (Lipinski definition) is 2. The third-order valence-electron chi connectivity index (χ3n) is 4.17. The van der Waals surface area contributed by atoms with E-state index in [-0.39, 0.29) is 11.6 Å². The molecule has 0 radical (unpaired) electrons. The second-order valence-electron chi connectivity index (χ2n) is 6.01. The van der Waals surface area contributed by atoms with E-state index in [2.05, 4.69) is 5.32 Å². The number of halogens is 1. The molecule has 0 heterocycles. The molecule has 0 aliphatic carbocycles. The van der Waals surface area contributed by atoms with E-state index in [0.29, 0.717) is 29.8 Å². The van der Waals surface area contributed by atoms with Gasteiger partial charge in [0, 0.05) is 24.2 Å². The molecule has 3 aromatic rings. The average molecular weight is 333 g/mol. The number of anilines is 1. The minimum absolute atomic E-state index is 0.0692. The Bertz CT molecular complexity index is 857. The molecule has 0 atom stereocenters. The monoisotopic (exact) mass is 333 g/mol. The molecule has 0 aromatic heterocycles. The fourth-order valence-corrected chi connectivity index (χ4v) is 2.65. The molecule has 25 heavy (non-hydrogen) atoms. The number of nitrogens with one attached hydrogen (secondary N) is 1. The molecule has 0 amide bonds. The molecule has 3 heteroatoms. The Morgan fingerprint density at radius 1 is 0.920 bits per heavy atom. The van der Waals surface area contributed by atoms with Crippen molar-refractivity contribution in [3.05, 3.63) is 89.7 Å². The van der Waals surface area contributed by atoms with E-state index in [0.717, 1.165) is 11.1 Å². The molecule has 3 aromatic carbocycles. The quantitative estimate of drug-likeness (QED) is 0.605. The largest absolute Gasteiger partial charge is 0.385 e. The summed E-state index contributed by atoms with van der Waals surface area (Å²) in [6.07, 6.45) is 0.361. The number of carbonyl (C=O) groups is 1. The van der Waals surface area contributed by atoms with Crippen LogP contribution >= 0.6 is 0 Å². The van der Waals surface area contributed by atoms with Gasteiger partial charge in [0.25, 0.3) is 0 Å². The van der Waals surface area contributed by atoms with E-state index in [1.165, 1.54) is 6.07 Å². The Morgan fingerprint density at radius 2 is 1.60 bits per heavy atom. The zero-order valence-corrected chi connectivity index (χ0v) is 14.1. The first-order valence-electron chi connectivity index (χ1n) is 8.32. The maximum absolute atomic E-state index is 13.5. The summed E-state index contributed by atoms with van der Waals surface area (Å²) in [5.41, 5.74) is 4.21. The summed E-state index contributed by atoms with van der Waals surface area (Å²) in [5.74, 6) is -0.174. The Kier molecular flexibility index (Phi) is 5.24. The van der Waals surface area contributed by atoms with Gasteiger partial charge >= 0.3 is 0 Å². The smallest absolute Gasteiger partial charge is 0.164 e. The molecular weight excluding hydrogens is 313 g/mol. The van der Waals surface area contributed by atoms with Gasteiger partial charge in [0.2, 0.25) is 0 Å². The molecule has 2 nitrogen and oxygen atoms in total. The van der Waals surface area contributed by atoms with Crippen LogP contribution in [0.15, 0.2) is 72.8 Å². The van der Waals surface area contributed by atoms with Gasteiger partial charge in [0.1, 0.15) is 5.82 Å². The van der Waals surface area contributed by atoms with Gasteiger partial charge in [0.15, 0.2) is 5.78 Å². The van der Waals surface area contributed by atoms with E-state index in [4.69, 9.17) is 0 Å². The second kappa shape index (κ2) is 7.75. The van der Waals surface area contributed by atoms with Crippen LogP contribution in [0.3, 0.4) is 0 Å². The van der Waals surface area contributed by atoms with Gasteiger partial charge in [0.05, 0.1) is 0 Å². The van der Waals surface area contributed by atoms with Crippen molar-refractivity contribution in [2.75, 3.05) is 11.9 Å². The van der Waals surface area contributed by atoms with Crippen molar-refractivity contribution < 1.29 is 9.18 Å². The summed E-state index contributed by atoms with van der Waals surface area (Å²) in [6.45, 7) is 2.20. The van der Waals surface area contributed by atoms with Crippen molar-refractivity contribution in [3.63, 3.8) is 0 Å². The zero-order valence-electron chi connectivity index (χ0n) is 14.1. The maximum atomic E-state index is 13.5. The van der Waals surface area contributed by atoms with Gasteiger partial charge in [-0.3, -0.25) is 4.79 Å². The van der Waals surface area contributed by atoms with Crippen LogP contribution in [-0.2, 0) is 0 Å². The summed E-state index contributed by atoms with van der Waals surface area (Å²) < 4.78 is 13.5. The third-order valence-corrected chi connectivity index (χ3v) is 4.17. The first-order chi connectivity index (χ1) is 12.1. The van der Waals surface area contributed by atoms with Crippen LogP contribution in [0.1, 0.15) is 22.3 Å². The number of benzene rings is 3. The van der Waals surface area contributed by atoms with Crippen molar-refractivity contribution in [3.8, 4) is 11.1 Å². The SMILES string of the molecule is Cc1ccc(NCCC(=O)c2ccc(-c3ccccc3)cc2)cc1F. The van der Waals surface area contributed by atoms with Crippen LogP contribution in [0.2, 0.25) is 0 Å². The van der Waals surface area contributed by atoms with Crippen molar-refractivity contribution in [1.82, 2.24) is 0 Å². The molecule has 0 unspecified atom stereocenters. The van der Waals surface area contributed by atoms with E-state index in [1.807, 2.05) is 60.7 Å². The van der Waals surface area contributed by atoms with E-state index >= 15 is 0 Å². The number of aryl methyl sites for hydroxylation is 1. The molecule has 0 saturated carbocycles. The van der Waals surface area contributed by atoms with Gasteiger partial charge in [-0.15, -0.1) is 0 Å². The molecule has 0 aliphatic rings. The van der Waals surface area contributed by atoms with Crippen molar-refractivity contribution >= 4 is 11.5 Å². The minimum atomic E-state index is -0.243. The normalized spacial score (nSPS) is 10.5. The molecule has 0 fully saturated rings. The predicted octanol–water partition coefficient (Wildman–Crippen LogP) is 5.49. The minimum Gasteiger partial charge on any atom is -0.385 e. The Hall–Kier alpha value is -2.94. The first-order valence-corrected chi connectivity index (χ1v) is 8.32. The van der Waals surface area contributed by atoms with Crippen LogP contribution in [0.25, 0.3) is 11.1 Å². The number of carbonyl (C=O) groups excluding carboxylic acids is 1. The highest BCUT2D eigenvalue weighted by Gasteiger charge is 2.07. The number of Topliss-reactive ketones (excluding diaryl/α,β-unsaturated/α-hetero) is 1. The van der Waals surface area contributed by atoms with E-state index in [1.54, 1.807) is 13.0 Å². The Balaban J connectivity index is 1.57. The molecule has 126 valence electrons. The van der Waals surface area contributed by atoms with Crippen LogP contribution in [0, 0.1) is 12.7 Å². The van der Waals surface area contributed by atoms with Gasteiger partial charge in [-0.2, -0.15) is 0 Å². The van der Waals surface area contributed by atoms with Gasteiger partial charge < -0.3 is 5.32 Å². The summed E-state index contributed by atoms with van der Waals surface area (Å²) in [7, 11) is 0. The second-order valence-corrected chi connectivity index (χ2v) is 6.01. The molecule has 0 saturated heterocycles. The van der Waals surface area contributed by atoms with Gasteiger partial charge in [-0.25, -0.2) is 4.39 Å². The topological polar surface area (TPSA) is 29.1 Å². The van der Waals surface area contributed by atoms with Crippen LogP contribution in [0.4, 0.5) is 10.1 Å².